The molecule has 2 nitrogen and oxygen atoms in total. The maximum Gasteiger partial charge on any atom is 0.101 e. The molecule has 0 atom stereocenters. The smallest absolute Gasteiger partial charge is 0.101 e. The van der Waals surface area contributed by atoms with Crippen molar-refractivity contribution in [3.05, 3.63) is 28.2 Å². The lowest BCUT2D eigenvalue weighted by Crippen LogP contribution is -2.16. The van der Waals surface area contributed by atoms with Crippen LogP contribution in [-0.2, 0) is 0 Å². The van der Waals surface area contributed by atoms with Crippen LogP contribution in [0.4, 0.5) is 5.69 Å². The zero-order chi connectivity index (χ0) is 10.7. The van der Waals surface area contributed by atoms with E-state index in [-0.39, 0.29) is 0 Å². The normalized spacial score (nSPS) is 16.0. The third-order valence-electron chi connectivity index (χ3n) is 2.36. The number of nitrogens with one attached hydrogen (secondary N) is 1. The molecule has 2 rings (SSSR count). The zero-order valence-electron chi connectivity index (χ0n) is 8.26. The van der Waals surface area contributed by atoms with Crippen LogP contribution in [0.15, 0.2) is 23.2 Å². The minimum absolute atomic E-state index is 0.635. The van der Waals surface area contributed by atoms with Gasteiger partial charge in [0.2, 0.25) is 0 Å². The molecular formula is C11H12Cl2N2. The summed E-state index contributed by atoms with van der Waals surface area (Å²) in [6, 6.07) is 5.47. The first-order chi connectivity index (χ1) is 7.27. The zero-order valence-corrected chi connectivity index (χ0v) is 9.78. The summed E-state index contributed by atoms with van der Waals surface area (Å²) < 4.78 is 0. The molecule has 0 bridgehead atoms. The minimum Gasteiger partial charge on any atom is -0.342 e. The second kappa shape index (κ2) is 4.86. The van der Waals surface area contributed by atoms with E-state index in [4.69, 9.17) is 23.2 Å². The van der Waals surface area contributed by atoms with Crippen LogP contribution in [0.25, 0.3) is 0 Å². The van der Waals surface area contributed by atoms with Crippen LogP contribution in [0.1, 0.15) is 19.3 Å². The van der Waals surface area contributed by atoms with Gasteiger partial charge in [0, 0.05) is 13.0 Å². The number of rotatable bonds is 1. The van der Waals surface area contributed by atoms with Gasteiger partial charge in [0.05, 0.1) is 15.7 Å². The topological polar surface area (TPSA) is 24.4 Å². The average molecular weight is 243 g/mol. The van der Waals surface area contributed by atoms with Gasteiger partial charge in [0.15, 0.2) is 0 Å². The lowest BCUT2D eigenvalue weighted by Gasteiger charge is -2.15. The summed E-state index contributed by atoms with van der Waals surface area (Å²) in [5.41, 5.74) is 0.765. The molecule has 0 aliphatic carbocycles. The molecular weight excluding hydrogens is 231 g/mol. The van der Waals surface area contributed by atoms with Crippen LogP contribution in [0.3, 0.4) is 0 Å². The molecule has 1 aliphatic rings. The van der Waals surface area contributed by atoms with Crippen molar-refractivity contribution in [1.29, 1.82) is 0 Å². The molecule has 1 aromatic rings. The Hall–Kier alpha value is -0.730. The first kappa shape index (κ1) is 10.8. The van der Waals surface area contributed by atoms with Gasteiger partial charge < -0.3 is 5.32 Å². The molecule has 0 fully saturated rings. The SMILES string of the molecule is Clc1cccc(Cl)c1NC1=NCCCC1. The fourth-order valence-electron chi connectivity index (χ4n) is 1.56. The monoisotopic (exact) mass is 242 g/mol. The van der Waals surface area contributed by atoms with Gasteiger partial charge in [-0.25, -0.2) is 0 Å². The number of aliphatic imine (C=N–C) groups is 1. The van der Waals surface area contributed by atoms with E-state index >= 15 is 0 Å². The summed E-state index contributed by atoms with van der Waals surface area (Å²) >= 11 is 12.1. The van der Waals surface area contributed by atoms with Crippen molar-refractivity contribution in [3.63, 3.8) is 0 Å². The maximum atomic E-state index is 6.05. The van der Waals surface area contributed by atoms with E-state index in [1.807, 2.05) is 18.2 Å². The molecule has 0 unspecified atom stereocenters. The Morgan fingerprint density at radius 1 is 1.13 bits per heavy atom. The van der Waals surface area contributed by atoms with Crippen molar-refractivity contribution in [3.8, 4) is 0 Å². The molecule has 0 radical (unpaired) electrons. The van der Waals surface area contributed by atoms with Crippen LogP contribution in [0.2, 0.25) is 10.0 Å². The van der Waals surface area contributed by atoms with Gasteiger partial charge >= 0.3 is 0 Å². The van der Waals surface area contributed by atoms with E-state index in [0.717, 1.165) is 24.5 Å². The Kier molecular flexibility index (Phi) is 3.49. The molecule has 80 valence electrons. The second-order valence-corrected chi connectivity index (χ2v) is 4.32. The minimum atomic E-state index is 0.635. The number of anilines is 1. The Bertz CT molecular complexity index is 368. The van der Waals surface area contributed by atoms with E-state index in [1.54, 1.807) is 0 Å². The Morgan fingerprint density at radius 2 is 1.87 bits per heavy atom. The highest BCUT2D eigenvalue weighted by Crippen LogP contribution is 2.30. The summed E-state index contributed by atoms with van der Waals surface area (Å²) in [4.78, 5) is 4.40. The Morgan fingerprint density at radius 3 is 2.47 bits per heavy atom. The quantitative estimate of drug-likeness (QED) is 0.792. The fraction of sp³-hybridized carbons (Fsp3) is 0.364. The third kappa shape index (κ3) is 2.64. The molecule has 0 saturated carbocycles. The highest BCUT2D eigenvalue weighted by atomic mass is 35.5. The van der Waals surface area contributed by atoms with E-state index in [0.29, 0.717) is 10.0 Å². The number of para-hydroxylation sites is 1. The van der Waals surface area contributed by atoms with E-state index in [2.05, 4.69) is 10.3 Å². The van der Waals surface area contributed by atoms with Crippen LogP contribution < -0.4 is 5.32 Å². The number of halogens is 2. The maximum absolute atomic E-state index is 6.05. The second-order valence-electron chi connectivity index (χ2n) is 3.51. The predicted octanol–water partition coefficient (Wildman–Crippen LogP) is 3.99. The van der Waals surface area contributed by atoms with Crippen LogP contribution in [0.5, 0.6) is 0 Å². The number of hydrogen-bond acceptors (Lipinski definition) is 2. The standard InChI is InChI=1S/C11H12Cl2N2/c12-8-4-3-5-9(13)11(8)15-10-6-1-2-7-14-10/h3-5H,1-2,6-7H2,(H,14,15). The summed E-state index contributed by atoms with van der Waals surface area (Å²) in [6.45, 7) is 0.893. The highest BCUT2D eigenvalue weighted by Gasteiger charge is 2.09. The van der Waals surface area contributed by atoms with Gasteiger partial charge in [-0.1, -0.05) is 29.3 Å². The van der Waals surface area contributed by atoms with Crippen LogP contribution in [0, 0.1) is 0 Å². The van der Waals surface area contributed by atoms with Crippen molar-refractivity contribution >= 4 is 34.7 Å². The largest absolute Gasteiger partial charge is 0.342 e. The van der Waals surface area contributed by atoms with Crippen molar-refractivity contribution in [2.75, 3.05) is 11.9 Å². The molecule has 0 amide bonds. The highest BCUT2D eigenvalue weighted by molar-refractivity contribution is 6.39. The van der Waals surface area contributed by atoms with Crippen LogP contribution in [-0.4, -0.2) is 12.4 Å². The lowest BCUT2D eigenvalue weighted by atomic mass is 10.2. The number of nitrogens with zero attached hydrogens (tertiary/aromatic N) is 1. The average Bonchev–Trinajstić information content (AvgIpc) is 2.25. The molecule has 15 heavy (non-hydrogen) atoms. The molecule has 1 N–H and O–H groups in total. The van der Waals surface area contributed by atoms with Crippen molar-refractivity contribution in [2.24, 2.45) is 4.99 Å². The number of hydrogen-bond donors (Lipinski definition) is 1. The summed E-state index contributed by atoms with van der Waals surface area (Å²) in [6.07, 6.45) is 3.32. The van der Waals surface area contributed by atoms with Crippen molar-refractivity contribution < 1.29 is 0 Å². The predicted molar refractivity (Wildman–Crippen MR) is 66.2 cm³/mol. The molecule has 1 aliphatic heterocycles. The molecule has 0 spiro atoms. The van der Waals surface area contributed by atoms with Gasteiger partial charge in [-0.2, -0.15) is 0 Å². The molecule has 1 heterocycles. The molecule has 0 saturated heterocycles. The molecule has 1 aromatic carbocycles. The van der Waals surface area contributed by atoms with E-state index in [9.17, 15) is 0 Å². The van der Waals surface area contributed by atoms with E-state index in [1.165, 1.54) is 12.8 Å². The molecule has 4 heteroatoms. The van der Waals surface area contributed by atoms with Gasteiger partial charge in [0.1, 0.15) is 5.84 Å². The Labute approximate surface area is 99.3 Å². The fourth-order valence-corrected chi connectivity index (χ4v) is 2.05. The first-order valence-corrected chi connectivity index (χ1v) is 5.77. The van der Waals surface area contributed by atoms with Crippen molar-refractivity contribution in [2.45, 2.75) is 19.3 Å². The summed E-state index contributed by atoms with van der Waals surface area (Å²) in [5.74, 6) is 0.983. The lowest BCUT2D eigenvalue weighted by molar-refractivity contribution is 0.737. The van der Waals surface area contributed by atoms with Crippen LogP contribution >= 0.6 is 23.2 Å². The van der Waals surface area contributed by atoms with Gasteiger partial charge in [-0.3, -0.25) is 4.99 Å². The summed E-state index contributed by atoms with van der Waals surface area (Å²) in [5, 5.41) is 4.47. The Balaban J connectivity index is 2.19. The van der Waals surface area contributed by atoms with E-state index < -0.39 is 0 Å². The summed E-state index contributed by atoms with van der Waals surface area (Å²) in [7, 11) is 0. The number of benzene rings is 1. The molecule has 0 aromatic heterocycles. The third-order valence-corrected chi connectivity index (χ3v) is 2.99. The number of amidine groups is 1. The van der Waals surface area contributed by atoms with Gasteiger partial charge in [-0.15, -0.1) is 0 Å². The first-order valence-electron chi connectivity index (χ1n) is 5.02. The van der Waals surface area contributed by atoms with Gasteiger partial charge in [0.25, 0.3) is 0 Å². The van der Waals surface area contributed by atoms with Crippen molar-refractivity contribution in [1.82, 2.24) is 0 Å². The van der Waals surface area contributed by atoms with Gasteiger partial charge in [-0.05, 0) is 25.0 Å².